The number of rotatable bonds is 3. The first-order valence-electron chi connectivity index (χ1n) is 17.4. The molecule has 3 heterocycles. The summed E-state index contributed by atoms with van der Waals surface area (Å²) in [6, 6.07) is 54.7. The second kappa shape index (κ2) is 11.7. The molecule has 1 aliphatic carbocycles. The molecular weight excluding hydrogens is 597 g/mol. The summed E-state index contributed by atoms with van der Waals surface area (Å²) in [6.07, 6.45) is 3.39. The second-order valence-electron chi connectivity index (χ2n) is 13.1. The molecule has 2 unspecified atom stereocenters. The van der Waals surface area contributed by atoms with E-state index in [1.807, 2.05) is 0 Å². The fourth-order valence-corrected chi connectivity index (χ4v) is 8.28. The Morgan fingerprint density at radius 1 is 0.612 bits per heavy atom. The first kappa shape index (κ1) is 29.3. The van der Waals surface area contributed by atoms with Gasteiger partial charge in [-0.1, -0.05) is 160 Å². The average molecular weight is 635 g/mol. The summed E-state index contributed by atoms with van der Waals surface area (Å²) in [4.78, 5) is 7.73. The highest BCUT2D eigenvalue weighted by Crippen LogP contribution is 2.64. The lowest BCUT2D eigenvalue weighted by Crippen LogP contribution is -2.46. The van der Waals surface area contributed by atoms with E-state index in [9.17, 15) is 0 Å². The third kappa shape index (κ3) is 4.33. The zero-order chi connectivity index (χ0) is 33.0. The normalized spacial score (nSPS) is 18.4. The molecule has 0 fully saturated rings. The summed E-state index contributed by atoms with van der Waals surface area (Å²) >= 11 is 0. The number of anilines is 3. The van der Waals surface area contributed by atoms with Gasteiger partial charge in [-0.25, -0.2) is 0 Å². The molecule has 49 heavy (non-hydrogen) atoms. The number of fused-ring (bicyclic) bond motifs is 9. The SMILES string of the molecule is C1=C(C2Nc3cccc4c3N2c2ccccc2C42c3ccccc3-c3ccccc32)NC(c2ccccc2)=NC1c1ccccc1.CCC. The molecule has 3 aliphatic heterocycles. The van der Waals surface area contributed by atoms with Crippen molar-refractivity contribution in [1.82, 2.24) is 5.32 Å². The number of benzene rings is 6. The molecule has 0 saturated carbocycles. The van der Waals surface area contributed by atoms with Crippen LogP contribution in [0.5, 0.6) is 0 Å². The van der Waals surface area contributed by atoms with Crippen LogP contribution in [0, 0.1) is 0 Å². The van der Waals surface area contributed by atoms with Crippen molar-refractivity contribution in [2.75, 3.05) is 10.2 Å². The highest BCUT2D eigenvalue weighted by Gasteiger charge is 2.54. The van der Waals surface area contributed by atoms with Gasteiger partial charge in [-0.15, -0.1) is 0 Å². The van der Waals surface area contributed by atoms with Crippen molar-refractivity contribution in [3.05, 3.63) is 197 Å². The van der Waals surface area contributed by atoms with Gasteiger partial charge in [0.2, 0.25) is 0 Å². The van der Waals surface area contributed by atoms with Crippen molar-refractivity contribution in [2.24, 2.45) is 4.99 Å². The van der Waals surface area contributed by atoms with Crippen molar-refractivity contribution >= 4 is 22.9 Å². The van der Waals surface area contributed by atoms with Crippen molar-refractivity contribution in [2.45, 2.75) is 37.9 Å². The van der Waals surface area contributed by atoms with E-state index in [1.54, 1.807) is 0 Å². The van der Waals surface area contributed by atoms with Crippen LogP contribution >= 0.6 is 0 Å². The topological polar surface area (TPSA) is 39.7 Å². The van der Waals surface area contributed by atoms with E-state index >= 15 is 0 Å². The van der Waals surface area contributed by atoms with Crippen molar-refractivity contribution in [1.29, 1.82) is 0 Å². The fourth-order valence-electron chi connectivity index (χ4n) is 8.28. The highest BCUT2D eigenvalue weighted by molar-refractivity contribution is 6.02. The summed E-state index contributed by atoms with van der Waals surface area (Å²) < 4.78 is 0. The molecule has 0 amide bonds. The monoisotopic (exact) mass is 634 g/mol. The smallest absolute Gasteiger partial charge is 0.145 e. The minimum atomic E-state index is -0.417. The molecule has 0 radical (unpaired) electrons. The van der Waals surface area contributed by atoms with E-state index in [1.165, 1.54) is 56.7 Å². The van der Waals surface area contributed by atoms with Gasteiger partial charge in [0.1, 0.15) is 12.0 Å². The largest absolute Gasteiger partial charge is 0.358 e. The zero-order valence-corrected chi connectivity index (χ0v) is 27.8. The Labute approximate surface area is 288 Å². The molecule has 0 bridgehead atoms. The predicted octanol–water partition coefficient (Wildman–Crippen LogP) is 10.3. The number of hydrogen-bond donors (Lipinski definition) is 2. The number of amidine groups is 1. The lowest BCUT2D eigenvalue weighted by Gasteiger charge is -2.45. The Kier molecular flexibility index (Phi) is 6.98. The van der Waals surface area contributed by atoms with Crippen molar-refractivity contribution in [3.63, 3.8) is 0 Å². The molecular formula is C45H38N4. The number of para-hydroxylation sites is 2. The van der Waals surface area contributed by atoms with E-state index in [-0.39, 0.29) is 12.2 Å². The van der Waals surface area contributed by atoms with Crippen LogP contribution in [0.2, 0.25) is 0 Å². The van der Waals surface area contributed by atoms with Gasteiger partial charge in [-0.05, 0) is 57.2 Å². The van der Waals surface area contributed by atoms with Crippen molar-refractivity contribution in [3.8, 4) is 11.1 Å². The predicted molar refractivity (Wildman–Crippen MR) is 203 cm³/mol. The van der Waals surface area contributed by atoms with Crippen LogP contribution in [0.25, 0.3) is 11.1 Å². The standard InChI is InChI=1S/C42H30N4.C3H8/c1-3-14-27(15-4-1)36-26-37(44-40(43-36)28-16-5-2-6-17-28)41-45-35-24-13-23-34-39(35)46(41)38-25-12-11-22-33(38)42(34)31-20-9-7-18-29(31)30-19-8-10-21-32(30)42;1-3-2/h1-26,36,41,45H,(H,43,44);3H2,1-2H3. The van der Waals surface area contributed by atoms with Crippen molar-refractivity contribution < 1.29 is 0 Å². The minimum Gasteiger partial charge on any atom is -0.358 e. The van der Waals surface area contributed by atoms with E-state index in [4.69, 9.17) is 4.99 Å². The number of aliphatic imine (C=N–C) groups is 1. The Balaban J connectivity index is 0.00000105. The third-order valence-electron chi connectivity index (χ3n) is 10.1. The summed E-state index contributed by atoms with van der Waals surface area (Å²) in [5, 5.41) is 7.75. The molecule has 0 aromatic heterocycles. The van der Waals surface area contributed by atoms with Crippen LogP contribution in [-0.2, 0) is 5.41 Å². The van der Waals surface area contributed by atoms with Crippen LogP contribution in [0.1, 0.15) is 59.7 Å². The molecule has 10 rings (SSSR count). The van der Waals surface area contributed by atoms with Gasteiger partial charge in [-0.2, -0.15) is 0 Å². The Bertz CT molecular complexity index is 2210. The second-order valence-corrected chi connectivity index (χ2v) is 13.1. The fraction of sp³-hybridized carbons (Fsp3) is 0.133. The Morgan fingerprint density at radius 3 is 1.88 bits per heavy atom. The van der Waals surface area contributed by atoms with E-state index < -0.39 is 5.41 Å². The average Bonchev–Trinajstić information content (AvgIpc) is 3.70. The van der Waals surface area contributed by atoms with Gasteiger partial charge in [0.25, 0.3) is 0 Å². The van der Waals surface area contributed by atoms with E-state index in [2.05, 4.69) is 187 Å². The molecule has 2 N–H and O–H groups in total. The Hall–Kier alpha value is -5.87. The third-order valence-corrected chi connectivity index (χ3v) is 10.1. The number of nitrogens with one attached hydrogen (secondary N) is 2. The maximum Gasteiger partial charge on any atom is 0.145 e. The zero-order valence-electron chi connectivity index (χ0n) is 27.8. The summed E-state index contributed by atoms with van der Waals surface area (Å²) in [5.74, 6) is 0.880. The summed E-state index contributed by atoms with van der Waals surface area (Å²) in [7, 11) is 0. The van der Waals surface area contributed by atoms with Crippen LogP contribution < -0.4 is 15.5 Å². The van der Waals surface area contributed by atoms with Gasteiger partial charge < -0.3 is 15.5 Å². The molecule has 6 aromatic carbocycles. The van der Waals surface area contributed by atoms with Crippen LogP contribution in [0.4, 0.5) is 17.1 Å². The molecule has 0 saturated heterocycles. The molecule has 6 aromatic rings. The number of hydrogen-bond acceptors (Lipinski definition) is 4. The van der Waals surface area contributed by atoms with Crippen LogP contribution in [0.15, 0.2) is 168 Å². The highest BCUT2D eigenvalue weighted by atomic mass is 15.4. The Morgan fingerprint density at radius 2 is 1.18 bits per heavy atom. The van der Waals surface area contributed by atoms with E-state index in [0.717, 1.165) is 22.8 Å². The van der Waals surface area contributed by atoms with Gasteiger partial charge in [-0.3, -0.25) is 4.99 Å². The van der Waals surface area contributed by atoms with Gasteiger partial charge >= 0.3 is 0 Å². The van der Waals surface area contributed by atoms with Crippen LogP contribution in [-0.4, -0.2) is 12.0 Å². The van der Waals surface area contributed by atoms with Gasteiger partial charge in [0.05, 0.1) is 28.5 Å². The first-order chi connectivity index (χ1) is 24.2. The quantitative estimate of drug-likeness (QED) is 0.203. The molecule has 4 nitrogen and oxygen atoms in total. The summed E-state index contributed by atoms with van der Waals surface area (Å²) in [6.45, 7) is 4.25. The number of nitrogens with zero attached hydrogens (tertiary/aromatic N) is 2. The maximum atomic E-state index is 5.21. The van der Waals surface area contributed by atoms with Gasteiger partial charge in [0.15, 0.2) is 0 Å². The lowest BCUT2D eigenvalue weighted by atomic mass is 9.64. The lowest BCUT2D eigenvalue weighted by molar-refractivity contribution is 0.710. The first-order valence-corrected chi connectivity index (χ1v) is 17.4. The molecule has 2 atom stereocenters. The molecule has 4 heteroatoms. The minimum absolute atomic E-state index is 0.113. The molecule has 238 valence electrons. The maximum absolute atomic E-state index is 5.21. The summed E-state index contributed by atoms with van der Waals surface area (Å²) in [5.41, 5.74) is 14.4. The van der Waals surface area contributed by atoms with Gasteiger partial charge in [0, 0.05) is 11.3 Å². The van der Waals surface area contributed by atoms with E-state index in [0.29, 0.717) is 0 Å². The molecule has 4 aliphatic rings. The molecule has 1 spiro atoms. The van der Waals surface area contributed by atoms with Crippen LogP contribution in [0.3, 0.4) is 0 Å².